The van der Waals surface area contributed by atoms with Crippen LogP contribution in [-0.2, 0) is 13.5 Å². The Labute approximate surface area is 107 Å². The first-order valence-electron chi connectivity index (χ1n) is 6.26. The third kappa shape index (κ3) is 2.34. The van der Waals surface area contributed by atoms with Crippen molar-refractivity contribution in [2.75, 3.05) is 11.9 Å². The Morgan fingerprint density at radius 2 is 2.06 bits per heavy atom. The maximum Gasteiger partial charge on any atom is 0.131 e. The number of hydrogen-bond acceptors (Lipinski definition) is 4. The van der Waals surface area contributed by atoms with Gasteiger partial charge >= 0.3 is 0 Å². The van der Waals surface area contributed by atoms with Gasteiger partial charge in [-0.1, -0.05) is 6.92 Å². The Bertz CT molecular complexity index is 544. The number of aromatic nitrogens is 4. The number of rotatable bonds is 4. The van der Waals surface area contributed by atoms with Crippen molar-refractivity contribution in [2.45, 2.75) is 27.2 Å². The highest BCUT2D eigenvalue weighted by Gasteiger charge is 2.10. The molecular formula is C13H19N5. The fraction of sp³-hybridized carbons (Fsp3) is 0.462. The Morgan fingerprint density at radius 3 is 2.61 bits per heavy atom. The summed E-state index contributed by atoms with van der Waals surface area (Å²) < 4.78 is 2.04. The quantitative estimate of drug-likeness (QED) is 0.897. The lowest BCUT2D eigenvalue weighted by molar-refractivity contribution is 0.855. The molecule has 0 aliphatic carbocycles. The average Bonchev–Trinajstić information content (AvgIpc) is 2.70. The monoisotopic (exact) mass is 245 g/mol. The molecule has 0 aromatic carbocycles. The van der Waals surface area contributed by atoms with Crippen molar-refractivity contribution in [2.24, 2.45) is 7.05 Å². The minimum absolute atomic E-state index is 0.822. The van der Waals surface area contributed by atoms with Crippen LogP contribution in [0.4, 0.5) is 5.82 Å². The van der Waals surface area contributed by atoms with Gasteiger partial charge in [-0.05, 0) is 13.8 Å². The van der Waals surface area contributed by atoms with E-state index in [1.807, 2.05) is 30.8 Å². The van der Waals surface area contributed by atoms with Crippen LogP contribution in [0.3, 0.4) is 0 Å². The highest BCUT2D eigenvalue weighted by atomic mass is 15.1. The van der Waals surface area contributed by atoms with Crippen molar-refractivity contribution in [3.63, 3.8) is 0 Å². The molecule has 1 N–H and O–H groups in total. The Balaban J connectivity index is 2.49. The van der Waals surface area contributed by atoms with Crippen LogP contribution in [0.1, 0.15) is 25.5 Å². The Hall–Kier alpha value is -1.91. The summed E-state index contributed by atoms with van der Waals surface area (Å²) in [6.07, 6.45) is 2.68. The molecule has 2 rings (SSSR count). The van der Waals surface area contributed by atoms with Gasteiger partial charge in [-0.25, -0.2) is 15.0 Å². The van der Waals surface area contributed by atoms with E-state index in [1.54, 1.807) is 0 Å². The molecule has 2 heterocycles. The molecular weight excluding hydrogens is 226 g/mol. The van der Waals surface area contributed by atoms with Crippen molar-refractivity contribution in [3.05, 3.63) is 23.9 Å². The number of nitrogens with one attached hydrogen (secondary N) is 1. The van der Waals surface area contributed by atoms with Gasteiger partial charge in [0.2, 0.25) is 0 Å². The fourth-order valence-corrected chi connectivity index (χ4v) is 1.80. The Kier molecular flexibility index (Phi) is 3.60. The lowest BCUT2D eigenvalue weighted by Crippen LogP contribution is -2.05. The molecule has 0 aliphatic heterocycles. The van der Waals surface area contributed by atoms with E-state index in [4.69, 9.17) is 0 Å². The second-order valence-electron chi connectivity index (χ2n) is 4.19. The fourth-order valence-electron chi connectivity index (χ4n) is 1.80. The molecule has 0 fully saturated rings. The van der Waals surface area contributed by atoms with Gasteiger partial charge in [-0.15, -0.1) is 0 Å². The first-order valence-corrected chi connectivity index (χ1v) is 6.26. The number of aryl methyl sites for hydroxylation is 2. The third-order valence-corrected chi connectivity index (χ3v) is 2.93. The largest absolute Gasteiger partial charge is 0.370 e. The summed E-state index contributed by atoms with van der Waals surface area (Å²) in [7, 11) is 2.00. The molecule has 0 saturated carbocycles. The van der Waals surface area contributed by atoms with E-state index in [0.717, 1.165) is 41.8 Å². The van der Waals surface area contributed by atoms with Crippen LogP contribution in [0.5, 0.6) is 0 Å². The SMILES string of the molecule is CCNc1cc(-c2cnc(C)n2C)nc(CC)n1. The molecule has 18 heavy (non-hydrogen) atoms. The minimum Gasteiger partial charge on any atom is -0.370 e. The zero-order valence-corrected chi connectivity index (χ0v) is 11.4. The summed E-state index contributed by atoms with van der Waals surface area (Å²) in [4.78, 5) is 13.3. The van der Waals surface area contributed by atoms with Crippen LogP contribution in [0.15, 0.2) is 12.3 Å². The van der Waals surface area contributed by atoms with Gasteiger partial charge in [0.1, 0.15) is 17.5 Å². The predicted octanol–water partition coefficient (Wildman–Crippen LogP) is 2.18. The zero-order valence-electron chi connectivity index (χ0n) is 11.4. The molecule has 0 radical (unpaired) electrons. The normalized spacial score (nSPS) is 10.7. The highest BCUT2D eigenvalue weighted by Crippen LogP contribution is 2.20. The molecule has 5 nitrogen and oxygen atoms in total. The highest BCUT2D eigenvalue weighted by molar-refractivity contribution is 5.59. The van der Waals surface area contributed by atoms with Crippen molar-refractivity contribution >= 4 is 5.82 Å². The van der Waals surface area contributed by atoms with Crippen molar-refractivity contribution in [1.29, 1.82) is 0 Å². The third-order valence-electron chi connectivity index (χ3n) is 2.93. The van der Waals surface area contributed by atoms with E-state index in [-0.39, 0.29) is 0 Å². The van der Waals surface area contributed by atoms with Crippen LogP contribution >= 0.6 is 0 Å². The lowest BCUT2D eigenvalue weighted by Gasteiger charge is -2.08. The number of imidazole rings is 1. The molecule has 2 aromatic rings. The van der Waals surface area contributed by atoms with Crippen molar-refractivity contribution in [1.82, 2.24) is 19.5 Å². The van der Waals surface area contributed by atoms with E-state index < -0.39 is 0 Å². The second kappa shape index (κ2) is 5.16. The number of anilines is 1. The van der Waals surface area contributed by atoms with Gasteiger partial charge in [0.15, 0.2) is 0 Å². The summed E-state index contributed by atoms with van der Waals surface area (Å²) in [5.41, 5.74) is 1.93. The standard InChI is InChI=1S/C13H19N5/c1-5-12-16-10(7-13(17-12)14-6-2)11-8-15-9(3)18(11)4/h7-8H,5-6H2,1-4H3,(H,14,16,17). The second-order valence-corrected chi connectivity index (χ2v) is 4.19. The topological polar surface area (TPSA) is 55.6 Å². The summed E-state index contributed by atoms with van der Waals surface area (Å²) in [5, 5.41) is 3.24. The smallest absolute Gasteiger partial charge is 0.131 e. The maximum atomic E-state index is 4.57. The molecule has 5 heteroatoms. The first kappa shape index (κ1) is 12.5. The van der Waals surface area contributed by atoms with Gasteiger partial charge < -0.3 is 9.88 Å². The molecule has 2 aromatic heterocycles. The molecule has 0 spiro atoms. The zero-order chi connectivity index (χ0) is 13.1. The predicted molar refractivity (Wildman–Crippen MR) is 72.5 cm³/mol. The van der Waals surface area contributed by atoms with Gasteiger partial charge in [-0.3, -0.25) is 0 Å². The molecule has 0 unspecified atom stereocenters. The van der Waals surface area contributed by atoms with Gasteiger partial charge in [0.05, 0.1) is 17.6 Å². The van der Waals surface area contributed by atoms with Crippen LogP contribution in [0.25, 0.3) is 11.4 Å². The summed E-state index contributed by atoms with van der Waals surface area (Å²) >= 11 is 0. The molecule has 0 atom stereocenters. The Morgan fingerprint density at radius 1 is 1.28 bits per heavy atom. The van der Waals surface area contributed by atoms with Crippen molar-refractivity contribution < 1.29 is 0 Å². The molecule has 96 valence electrons. The summed E-state index contributed by atoms with van der Waals surface area (Å²) in [5.74, 6) is 2.70. The van der Waals surface area contributed by atoms with Gasteiger partial charge in [-0.2, -0.15) is 0 Å². The van der Waals surface area contributed by atoms with Gasteiger partial charge in [0, 0.05) is 26.1 Å². The van der Waals surface area contributed by atoms with E-state index >= 15 is 0 Å². The molecule has 0 bridgehead atoms. The molecule has 0 aliphatic rings. The number of hydrogen-bond donors (Lipinski definition) is 1. The van der Waals surface area contributed by atoms with Crippen LogP contribution in [0, 0.1) is 6.92 Å². The van der Waals surface area contributed by atoms with Crippen molar-refractivity contribution in [3.8, 4) is 11.4 Å². The van der Waals surface area contributed by atoms with E-state index in [2.05, 4.69) is 34.1 Å². The maximum absolute atomic E-state index is 4.57. The van der Waals surface area contributed by atoms with Crippen LogP contribution < -0.4 is 5.32 Å². The minimum atomic E-state index is 0.822. The van der Waals surface area contributed by atoms with Crippen LogP contribution in [0.2, 0.25) is 0 Å². The lowest BCUT2D eigenvalue weighted by atomic mass is 10.3. The average molecular weight is 245 g/mol. The van der Waals surface area contributed by atoms with Crippen LogP contribution in [-0.4, -0.2) is 26.1 Å². The number of nitrogens with zero attached hydrogens (tertiary/aromatic N) is 4. The molecule has 0 amide bonds. The molecule has 0 saturated heterocycles. The first-order chi connectivity index (χ1) is 8.65. The van der Waals surface area contributed by atoms with E-state index in [0.29, 0.717) is 0 Å². The summed E-state index contributed by atoms with van der Waals surface area (Å²) in [6.45, 7) is 6.95. The van der Waals surface area contributed by atoms with E-state index in [9.17, 15) is 0 Å². The van der Waals surface area contributed by atoms with Gasteiger partial charge in [0.25, 0.3) is 0 Å². The van der Waals surface area contributed by atoms with E-state index in [1.165, 1.54) is 0 Å². The summed E-state index contributed by atoms with van der Waals surface area (Å²) in [6, 6.07) is 1.97.